The van der Waals surface area contributed by atoms with Crippen molar-refractivity contribution in [3.8, 4) is 5.75 Å². The van der Waals surface area contributed by atoms with Crippen LogP contribution in [0.15, 0.2) is 72.8 Å². The fourth-order valence-corrected chi connectivity index (χ4v) is 1.98. The number of ether oxygens (including phenoxy) is 1. The third-order valence-corrected chi connectivity index (χ3v) is 3.62. The second-order valence-electron chi connectivity index (χ2n) is 5.68. The van der Waals surface area contributed by atoms with Crippen LogP contribution in [0.25, 0.3) is 0 Å². The number of hydrogen-bond donors (Lipinski definition) is 1. The third-order valence-electron chi connectivity index (χ3n) is 3.37. The first-order valence-corrected chi connectivity index (χ1v) is 9.99. The molecule has 1 N–H and O–H groups in total. The van der Waals surface area contributed by atoms with E-state index < -0.39 is 0 Å². The molecule has 0 bridgehead atoms. The van der Waals surface area contributed by atoms with Crippen molar-refractivity contribution in [2.75, 3.05) is 7.11 Å². The van der Waals surface area contributed by atoms with E-state index in [-0.39, 0.29) is 0 Å². The fraction of sp³-hybridized carbons (Fsp3) is 0.320. The van der Waals surface area contributed by atoms with Crippen LogP contribution in [0.3, 0.4) is 0 Å². The molecular weight excluding hydrogens is 366 g/mol. The summed E-state index contributed by atoms with van der Waals surface area (Å²) >= 11 is 5.61. The summed E-state index contributed by atoms with van der Waals surface area (Å²) in [5.74, 6) is 0.917. The predicted octanol–water partition coefficient (Wildman–Crippen LogP) is 8.23. The van der Waals surface area contributed by atoms with E-state index in [9.17, 15) is 0 Å². The quantitative estimate of drug-likeness (QED) is 0.397. The minimum absolute atomic E-state index is 0.801. The van der Waals surface area contributed by atoms with Gasteiger partial charge in [0.15, 0.2) is 0 Å². The van der Waals surface area contributed by atoms with Gasteiger partial charge >= 0.3 is 0 Å². The molecule has 0 aliphatic rings. The van der Waals surface area contributed by atoms with Crippen LogP contribution in [0.2, 0.25) is 5.02 Å². The summed E-state index contributed by atoms with van der Waals surface area (Å²) in [7, 11) is 1.67. The first-order valence-electron chi connectivity index (χ1n) is 9.61. The zero-order valence-corrected chi connectivity index (χ0v) is 19.0. The van der Waals surface area contributed by atoms with E-state index in [1.807, 2.05) is 69.3 Å². The molecule has 0 unspecified atom stereocenters. The van der Waals surface area contributed by atoms with Crippen LogP contribution in [0.4, 0.5) is 0 Å². The Balaban J connectivity index is 0. The standard InChI is InChI=1S/C8H13N.C8H10O.C7H7Cl.C2H6/c1-3-5-8(4-2)6-7-9;1-7-3-5-8(9-2)6-4-7;1-6-2-4-7(8)5-3-6;1-2/h4,6-7,9H,2-3,5H2,1H3;3-6H,1-2H3;2-5H,1H3;1-2H3/b8-6+,9-7?;;;. The maximum atomic E-state index is 6.77. The van der Waals surface area contributed by atoms with E-state index in [4.69, 9.17) is 21.7 Å². The van der Waals surface area contributed by atoms with Crippen molar-refractivity contribution in [1.29, 1.82) is 5.41 Å². The molecule has 28 heavy (non-hydrogen) atoms. The van der Waals surface area contributed by atoms with Crippen LogP contribution in [0, 0.1) is 19.3 Å². The Labute approximate surface area is 177 Å². The number of hydrogen-bond acceptors (Lipinski definition) is 2. The van der Waals surface area contributed by atoms with Gasteiger partial charge in [-0.2, -0.15) is 0 Å². The molecule has 154 valence electrons. The molecule has 0 heterocycles. The maximum Gasteiger partial charge on any atom is 0.118 e. The van der Waals surface area contributed by atoms with Gasteiger partial charge in [-0.05, 0) is 56.2 Å². The van der Waals surface area contributed by atoms with E-state index in [0.717, 1.165) is 29.2 Å². The smallest absolute Gasteiger partial charge is 0.118 e. The summed E-state index contributed by atoms with van der Waals surface area (Å²) in [4.78, 5) is 0. The van der Waals surface area contributed by atoms with Gasteiger partial charge in [0.1, 0.15) is 5.75 Å². The molecule has 0 fully saturated rings. The molecule has 0 aliphatic heterocycles. The molecule has 0 aromatic heterocycles. The summed E-state index contributed by atoms with van der Waals surface area (Å²) in [5, 5.41) is 7.57. The minimum atomic E-state index is 0.801. The van der Waals surface area contributed by atoms with E-state index >= 15 is 0 Å². The number of nitrogens with one attached hydrogen (secondary N) is 1. The predicted molar refractivity (Wildman–Crippen MR) is 127 cm³/mol. The minimum Gasteiger partial charge on any atom is -0.497 e. The molecule has 2 aromatic carbocycles. The highest BCUT2D eigenvalue weighted by molar-refractivity contribution is 6.30. The molecule has 0 saturated carbocycles. The molecule has 2 rings (SSSR count). The van der Waals surface area contributed by atoms with Crippen molar-refractivity contribution in [2.45, 2.75) is 47.5 Å². The number of aryl methyl sites for hydroxylation is 2. The second kappa shape index (κ2) is 19.4. The lowest BCUT2D eigenvalue weighted by Gasteiger charge is -1.97. The molecule has 3 heteroatoms. The average molecular weight is 402 g/mol. The summed E-state index contributed by atoms with van der Waals surface area (Å²) in [6.45, 7) is 13.8. The number of allylic oxidation sites excluding steroid dienone is 3. The van der Waals surface area contributed by atoms with Crippen LogP contribution in [-0.4, -0.2) is 13.3 Å². The number of halogens is 1. The van der Waals surface area contributed by atoms with Crippen molar-refractivity contribution in [1.82, 2.24) is 0 Å². The molecule has 0 radical (unpaired) electrons. The monoisotopic (exact) mass is 401 g/mol. The lowest BCUT2D eigenvalue weighted by Crippen LogP contribution is -1.80. The van der Waals surface area contributed by atoms with Crippen molar-refractivity contribution >= 4 is 17.8 Å². The zero-order chi connectivity index (χ0) is 21.8. The lowest BCUT2D eigenvalue weighted by atomic mass is 10.1. The van der Waals surface area contributed by atoms with Gasteiger partial charge in [-0.1, -0.05) is 86.8 Å². The normalized spacial score (nSPS) is 9.32. The topological polar surface area (TPSA) is 33.1 Å². The van der Waals surface area contributed by atoms with E-state index in [2.05, 4.69) is 20.4 Å². The SMILES string of the molecule is C=C/C(=C\C=N)CCC.CC.COc1ccc(C)cc1.Cc1ccc(Cl)cc1. The van der Waals surface area contributed by atoms with E-state index in [1.165, 1.54) is 17.3 Å². The Morgan fingerprint density at radius 1 is 1.00 bits per heavy atom. The number of rotatable bonds is 5. The molecule has 0 amide bonds. The maximum absolute atomic E-state index is 6.77. The zero-order valence-electron chi connectivity index (χ0n) is 18.3. The van der Waals surface area contributed by atoms with Crippen LogP contribution in [0.5, 0.6) is 5.75 Å². The van der Waals surface area contributed by atoms with Gasteiger partial charge < -0.3 is 10.1 Å². The summed E-state index contributed by atoms with van der Waals surface area (Å²) < 4.78 is 4.97. The van der Waals surface area contributed by atoms with Crippen LogP contribution in [0.1, 0.15) is 44.7 Å². The Morgan fingerprint density at radius 3 is 1.79 bits per heavy atom. The highest BCUT2D eigenvalue weighted by Crippen LogP contribution is 2.09. The fourth-order valence-electron chi connectivity index (χ4n) is 1.86. The summed E-state index contributed by atoms with van der Waals surface area (Å²) in [5.41, 5.74) is 3.65. The molecule has 2 nitrogen and oxygen atoms in total. The third kappa shape index (κ3) is 15.9. The molecule has 2 aromatic rings. The Bertz CT molecular complexity index is 637. The number of methoxy groups -OCH3 is 1. The lowest BCUT2D eigenvalue weighted by molar-refractivity contribution is 0.414. The molecule has 0 aliphatic carbocycles. The molecule has 0 saturated heterocycles. The molecule has 0 spiro atoms. The van der Waals surface area contributed by atoms with Crippen molar-refractivity contribution in [3.05, 3.63) is 89.0 Å². The second-order valence-corrected chi connectivity index (χ2v) is 6.11. The average Bonchev–Trinajstić information content (AvgIpc) is 2.73. The first-order chi connectivity index (χ1) is 13.5. The van der Waals surface area contributed by atoms with Gasteiger partial charge in [-0.15, -0.1) is 0 Å². The Morgan fingerprint density at radius 2 is 1.46 bits per heavy atom. The summed E-state index contributed by atoms with van der Waals surface area (Å²) in [6.07, 6.45) is 7.02. The van der Waals surface area contributed by atoms with Crippen molar-refractivity contribution in [3.63, 3.8) is 0 Å². The van der Waals surface area contributed by atoms with E-state index in [1.54, 1.807) is 19.3 Å². The van der Waals surface area contributed by atoms with Crippen molar-refractivity contribution < 1.29 is 4.74 Å². The Kier molecular flexibility index (Phi) is 19.4. The van der Waals surface area contributed by atoms with Crippen LogP contribution < -0.4 is 4.74 Å². The van der Waals surface area contributed by atoms with Gasteiger partial charge in [0.25, 0.3) is 0 Å². The number of benzene rings is 2. The van der Waals surface area contributed by atoms with Gasteiger partial charge in [-0.25, -0.2) is 0 Å². The van der Waals surface area contributed by atoms with Gasteiger partial charge in [0.05, 0.1) is 7.11 Å². The first kappa shape index (κ1) is 27.9. The van der Waals surface area contributed by atoms with E-state index in [0.29, 0.717) is 0 Å². The molecular formula is C25H36ClNO. The molecule has 0 atom stereocenters. The highest BCUT2D eigenvalue weighted by atomic mass is 35.5. The van der Waals surface area contributed by atoms with Crippen LogP contribution in [-0.2, 0) is 0 Å². The van der Waals surface area contributed by atoms with Gasteiger partial charge in [0.2, 0.25) is 0 Å². The summed E-state index contributed by atoms with van der Waals surface area (Å²) in [6, 6.07) is 15.7. The van der Waals surface area contributed by atoms with Crippen LogP contribution >= 0.6 is 11.6 Å². The van der Waals surface area contributed by atoms with Gasteiger partial charge in [-0.3, -0.25) is 0 Å². The Hall–Kier alpha value is -2.32. The largest absolute Gasteiger partial charge is 0.497 e. The van der Waals surface area contributed by atoms with Gasteiger partial charge in [0, 0.05) is 11.2 Å². The highest BCUT2D eigenvalue weighted by Gasteiger charge is 1.86. The van der Waals surface area contributed by atoms with Crippen molar-refractivity contribution in [2.24, 2.45) is 0 Å².